The first-order valence-corrected chi connectivity index (χ1v) is 7.13. The summed E-state index contributed by atoms with van der Waals surface area (Å²) < 4.78 is 5.73. The molecule has 2 fully saturated rings. The summed E-state index contributed by atoms with van der Waals surface area (Å²) in [5.41, 5.74) is 0.900. The third kappa shape index (κ3) is 2.87. The molecule has 0 spiro atoms. The van der Waals surface area contributed by atoms with E-state index in [1.54, 1.807) is 6.07 Å². The van der Waals surface area contributed by atoms with Crippen LogP contribution in [0.25, 0.3) is 0 Å². The Kier molecular flexibility index (Phi) is 3.66. The Morgan fingerprint density at radius 2 is 2.21 bits per heavy atom. The van der Waals surface area contributed by atoms with E-state index in [0.29, 0.717) is 18.3 Å². The molecule has 0 radical (unpaired) electrons. The highest BCUT2D eigenvalue weighted by atomic mass is 16.5. The standard InChI is InChI=1S/C14H21N3O2/c1-17-6-7-19-12(9-17)14-15-11(8-13(18)16-14)10-4-2-3-5-10/h8,10,12H,2-7,9H2,1H3,(H,15,16,18). The van der Waals surface area contributed by atoms with Crippen LogP contribution in [0.2, 0.25) is 0 Å². The number of likely N-dealkylation sites (N-methyl/N-ethyl adjacent to an activating group) is 1. The molecule has 1 aliphatic heterocycles. The van der Waals surface area contributed by atoms with Gasteiger partial charge < -0.3 is 14.6 Å². The van der Waals surface area contributed by atoms with Crippen molar-refractivity contribution in [3.05, 3.63) is 27.9 Å². The molecule has 19 heavy (non-hydrogen) atoms. The fraction of sp³-hybridized carbons (Fsp3) is 0.714. The number of hydrogen-bond donors (Lipinski definition) is 1. The number of rotatable bonds is 2. The monoisotopic (exact) mass is 263 g/mol. The molecule has 0 amide bonds. The van der Waals surface area contributed by atoms with Gasteiger partial charge in [-0.2, -0.15) is 0 Å². The number of aromatic nitrogens is 2. The summed E-state index contributed by atoms with van der Waals surface area (Å²) in [4.78, 5) is 21.5. The zero-order valence-corrected chi connectivity index (χ0v) is 11.4. The lowest BCUT2D eigenvalue weighted by molar-refractivity contribution is -0.0257. The number of hydrogen-bond acceptors (Lipinski definition) is 4. The van der Waals surface area contributed by atoms with Gasteiger partial charge in [-0.15, -0.1) is 0 Å². The maximum Gasteiger partial charge on any atom is 0.251 e. The van der Waals surface area contributed by atoms with Crippen LogP contribution < -0.4 is 5.56 Å². The van der Waals surface area contributed by atoms with Crippen LogP contribution in [0.1, 0.15) is 49.2 Å². The first kappa shape index (κ1) is 12.8. The molecule has 1 saturated carbocycles. The molecule has 0 aromatic carbocycles. The smallest absolute Gasteiger partial charge is 0.251 e. The van der Waals surface area contributed by atoms with Crippen LogP contribution in [-0.2, 0) is 4.74 Å². The van der Waals surface area contributed by atoms with Crippen LogP contribution in [0.4, 0.5) is 0 Å². The second kappa shape index (κ2) is 5.43. The second-order valence-electron chi connectivity index (χ2n) is 5.66. The fourth-order valence-corrected chi connectivity index (χ4v) is 3.02. The second-order valence-corrected chi connectivity index (χ2v) is 5.66. The molecule has 2 aliphatic rings. The summed E-state index contributed by atoms with van der Waals surface area (Å²) in [5.74, 6) is 1.16. The molecule has 1 unspecified atom stereocenters. The number of morpholine rings is 1. The van der Waals surface area contributed by atoms with Gasteiger partial charge >= 0.3 is 0 Å². The molecule has 3 rings (SSSR count). The molecule has 0 bridgehead atoms. The Bertz CT molecular complexity index is 494. The zero-order valence-electron chi connectivity index (χ0n) is 11.4. The summed E-state index contributed by atoms with van der Waals surface area (Å²) in [5, 5.41) is 0. The third-order valence-corrected chi connectivity index (χ3v) is 4.13. The van der Waals surface area contributed by atoms with E-state index in [4.69, 9.17) is 4.74 Å². The first-order valence-electron chi connectivity index (χ1n) is 7.13. The lowest BCUT2D eigenvalue weighted by atomic mass is 10.0. The van der Waals surface area contributed by atoms with Crippen molar-refractivity contribution in [1.82, 2.24) is 14.9 Å². The van der Waals surface area contributed by atoms with Crippen molar-refractivity contribution in [2.45, 2.75) is 37.7 Å². The maximum atomic E-state index is 11.8. The first-order chi connectivity index (χ1) is 9.22. The molecule has 1 N–H and O–H groups in total. The van der Waals surface area contributed by atoms with Gasteiger partial charge in [0.25, 0.3) is 5.56 Å². The van der Waals surface area contributed by atoms with Gasteiger partial charge in [0.1, 0.15) is 11.9 Å². The molecule has 1 saturated heterocycles. The van der Waals surface area contributed by atoms with Crippen molar-refractivity contribution in [3.63, 3.8) is 0 Å². The predicted molar refractivity (Wildman–Crippen MR) is 72.3 cm³/mol. The SMILES string of the molecule is CN1CCOC(c2nc(C3CCCC3)cc(=O)[nH]2)C1. The molecule has 1 atom stereocenters. The van der Waals surface area contributed by atoms with Crippen LogP contribution in [0.3, 0.4) is 0 Å². The van der Waals surface area contributed by atoms with E-state index in [1.165, 1.54) is 12.8 Å². The summed E-state index contributed by atoms with van der Waals surface area (Å²) in [6, 6.07) is 1.66. The Balaban J connectivity index is 1.86. The molecule has 1 aliphatic carbocycles. The van der Waals surface area contributed by atoms with Crippen molar-refractivity contribution >= 4 is 0 Å². The van der Waals surface area contributed by atoms with Crippen LogP contribution in [0, 0.1) is 0 Å². The minimum Gasteiger partial charge on any atom is -0.368 e. The topological polar surface area (TPSA) is 58.2 Å². The van der Waals surface area contributed by atoms with Gasteiger partial charge in [0, 0.05) is 25.1 Å². The van der Waals surface area contributed by atoms with Gasteiger partial charge in [-0.1, -0.05) is 12.8 Å². The molecule has 5 nitrogen and oxygen atoms in total. The Morgan fingerprint density at radius 3 is 2.95 bits per heavy atom. The molecule has 2 heterocycles. The van der Waals surface area contributed by atoms with E-state index in [0.717, 1.165) is 31.6 Å². The lowest BCUT2D eigenvalue weighted by Gasteiger charge is -2.29. The van der Waals surface area contributed by atoms with Crippen molar-refractivity contribution in [3.8, 4) is 0 Å². The van der Waals surface area contributed by atoms with E-state index >= 15 is 0 Å². The molecule has 5 heteroatoms. The van der Waals surface area contributed by atoms with Gasteiger partial charge in [-0.25, -0.2) is 4.98 Å². The van der Waals surface area contributed by atoms with Gasteiger partial charge in [0.2, 0.25) is 0 Å². The highest BCUT2D eigenvalue weighted by Crippen LogP contribution is 2.32. The summed E-state index contributed by atoms with van der Waals surface area (Å²) in [6.07, 6.45) is 4.70. The minimum atomic E-state index is -0.104. The van der Waals surface area contributed by atoms with Crippen molar-refractivity contribution < 1.29 is 4.74 Å². The Labute approximate surface area is 113 Å². The quantitative estimate of drug-likeness (QED) is 0.877. The Hall–Kier alpha value is -1.20. The van der Waals surface area contributed by atoms with Gasteiger partial charge in [-0.05, 0) is 19.9 Å². The van der Waals surface area contributed by atoms with Crippen molar-refractivity contribution in [2.24, 2.45) is 0 Å². The average Bonchev–Trinajstić information content (AvgIpc) is 2.92. The maximum absolute atomic E-state index is 11.8. The van der Waals surface area contributed by atoms with Crippen LogP contribution in [0.15, 0.2) is 10.9 Å². The average molecular weight is 263 g/mol. The highest BCUT2D eigenvalue weighted by Gasteiger charge is 2.24. The van der Waals surface area contributed by atoms with E-state index in [-0.39, 0.29) is 11.7 Å². The fourth-order valence-electron chi connectivity index (χ4n) is 3.02. The van der Waals surface area contributed by atoms with E-state index in [2.05, 4.69) is 21.9 Å². The van der Waals surface area contributed by atoms with Crippen LogP contribution in [-0.4, -0.2) is 41.6 Å². The van der Waals surface area contributed by atoms with Crippen LogP contribution in [0.5, 0.6) is 0 Å². The van der Waals surface area contributed by atoms with Gasteiger partial charge in [-0.3, -0.25) is 4.79 Å². The van der Waals surface area contributed by atoms with E-state index in [1.807, 2.05) is 0 Å². The molecule has 1 aromatic heterocycles. The minimum absolute atomic E-state index is 0.0521. The van der Waals surface area contributed by atoms with Crippen molar-refractivity contribution in [2.75, 3.05) is 26.7 Å². The molecule has 104 valence electrons. The Morgan fingerprint density at radius 1 is 1.42 bits per heavy atom. The number of H-pyrrole nitrogens is 1. The number of nitrogens with zero attached hydrogens (tertiary/aromatic N) is 2. The van der Waals surface area contributed by atoms with Crippen molar-refractivity contribution in [1.29, 1.82) is 0 Å². The highest BCUT2D eigenvalue weighted by molar-refractivity contribution is 5.11. The number of nitrogens with one attached hydrogen (secondary N) is 1. The van der Waals surface area contributed by atoms with Gasteiger partial charge in [0.05, 0.1) is 12.3 Å². The largest absolute Gasteiger partial charge is 0.368 e. The third-order valence-electron chi connectivity index (χ3n) is 4.13. The van der Waals surface area contributed by atoms with Crippen LogP contribution >= 0.6 is 0 Å². The van der Waals surface area contributed by atoms with E-state index < -0.39 is 0 Å². The predicted octanol–water partition coefficient (Wildman–Crippen LogP) is 1.43. The zero-order chi connectivity index (χ0) is 13.2. The lowest BCUT2D eigenvalue weighted by Crippen LogP contribution is -2.36. The summed E-state index contributed by atoms with van der Waals surface area (Å²) >= 11 is 0. The number of aromatic amines is 1. The molecule has 1 aromatic rings. The summed E-state index contributed by atoms with van der Waals surface area (Å²) in [7, 11) is 2.06. The number of ether oxygens (including phenoxy) is 1. The molecular weight excluding hydrogens is 242 g/mol. The molecular formula is C14H21N3O2. The normalized spacial score (nSPS) is 25.8. The summed E-state index contributed by atoms with van der Waals surface area (Å²) in [6.45, 7) is 2.42. The van der Waals surface area contributed by atoms with Gasteiger partial charge in [0.15, 0.2) is 0 Å². The van der Waals surface area contributed by atoms with E-state index in [9.17, 15) is 4.79 Å².